The lowest BCUT2D eigenvalue weighted by molar-refractivity contribution is -0.384. The van der Waals surface area contributed by atoms with Crippen molar-refractivity contribution in [1.29, 1.82) is 0 Å². The topological polar surface area (TPSA) is 88.8 Å². The van der Waals surface area contributed by atoms with Gasteiger partial charge in [0.2, 0.25) is 0 Å². The van der Waals surface area contributed by atoms with Crippen molar-refractivity contribution >= 4 is 28.7 Å². The molecule has 1 rings (SSSR count). The minimum Gasteiger partial charge on any atom is -0.383 e. The summed E-state index contributed by atoms with van der Waals surface area (Å²) in [5.74, 6) is 0. The van der Waals surface area contributed by atoms with Crippen molar-refractivity contribution in [3.8, 4) is 0 Å². The maximum atomic E-state index is 10.7. The Morgan fingerprint density at radius 1 is 1.55 bits per heavy atom. The minimum absolute atomic E-state index is 0.0258. The fourth-order valence-electron chi connectivity index (χ4n) is 1.35. The van der Waals surface area contributed by atoms with Crippen molar-refractivity contribution in [2.75, 3.05) is 20.3 Å². The van der Waals surface area contributed by atoms with Crippen molar-refractivity contribution < 1.29 is 9.66 Å². The van der Waals surface area contributed by atoms with Crippen LogP contribution in [0.4, 0.5) is 5.69 Å². The monoisotopic (exact) mass is 296 g/mol. The number of nitro benzene ring substituents is 1. The van der Waals surface area contributed by atoms with E-state index in [1.807, 2.05) is 0 Å². The second-order valence-electron chi connectivity index (χ2n) is 3.87. The lowest BCUT2D eigenvalue weighted by Crippen LogP contribution is -2.34. The van der Waals surface area contributed by atoms with Gasteiger partial charge < -0.3 is 10.1 Å². The quantitative estimate of drug-likeness (QED) is 0.271. The number of methoxy groups -OCH3 is 1. The van der Waals surface area contributed by atoms with Crippen LogP contribution < -0.4 is 10.7 Å². The molecule has 0 aromatic heterocycles. The van der Waals surface area contributed by atoms with Crippen molar-refractivity contribution in [1.82, 2.24) is 10.7 Å². The molecule has 0 atom stereocenters. The Balaban J connectivity index is 2.62. The van der Waals surface area contributed by atoms with Gasteiger partial charge in [-0.05, 0) is 19.1 Å². The molecule has 20 heavy (non-hydrogen) atoms. The van der Waals surface area contributed by atoms with Gasteiger partial charge in [0.1, 0.15) is 0 Å². The van der Waals surface area contributed by atoms with Gasteiger partial charge in [0.05, 0.1) is 17.2 Å². The lowest BCUT2D eigenvalue weighted by atomic mass is 10.1. The number of nitro groups is 1. The highest BCUT2D eigenvalue weighted by molar-refractivity contribution is 7.80. The molecule has 0 aliphatic carbocycles. The van der Waals surface area contributed by atoms with E-state index in [2.05, 4.69) is 15.8 Å². The van der Waals surface area contributed by atoms with Gasteiger partial charge in [-0.3, -0.25) is 15.5 Å². The number of hydrazone groups is 1. The molecule has 8 heteroatoms. The fraction of sp³-hybridized carbons (Fsp3) is 0.333. The first-order valence-electron chi connectivity index (χ1n) is 5.86. The normalized spacial score (nSPS) is 11.0. The van der Waals surface area contributed by atoms with E-state index >= 15 is 0 Å². The summed E-state index contributed by atoms with van der Waals surface area (Å²) in [5.41, 5.74) is 3.96. The van der Waals surface area contributed by atoms with Crippen LogP contribution in [0.2, 0.25) is 0 Å². The summed E-state index contributed by atoms with van der Waals surface area (Å²) in [5, 5.41) is 18.0. The molecule has 108 valence electrons. The third-order valence-electron chi connectivity index (χ3n) is 2.39. The average Bonchev–Trinajstić information content (AvgIpc) is 2.45. The number of benzene rings is 1. The van der Waals surface area contributed by atoms with Crippen molar-refractivity contribution in [3.05, 3.63) is 39.9 Å². The van der Waals surface area contributed by atoms with E-state index in [9.17, 15) is 10.1 Å². The molecule has 2 N–H and O–H groups in total. The molecule has 0 aliphatic rings. The molecule has 0 saturated carbocycles. The minimum atomic E-state index is -0.443. The Labute approximate surface area is 122 Å². The van der Waals surface area contributed by atoms with Gasteiger partial charge in [0.25, 0.3) is 5.69 Å². The number of thiocarbonyl (C=S) groups is 1. The second kappa shape index (κ2) is 8.18. The van der Waals surface area contributed by atoms with Gasteiger partial charge in [-0.25, -0.2) is 0 Å². The number of rotatable bonds is 6. The zero-order chi connectivity index (χ0) is 15.0. The Morgan fingerprint density at radius 2 is 2.30 bits per heavy atom. The second-order valence-corrected chi connectivity index (χ2v) is 4.27. The maximum Gasteiger partial charge on any atom is 0.270 e. The molecule has 0 fully saturated rings. The predicted octanol–water partition coefficient (Wildman–Crippen LogP) is 1.43. The molecule has 0 bridgehead atoms. The molecule has 1 aromatic rings. The number of hydrogen-bond donors (Lipinski definition) is 2. The van der Waals surface area contributed by atoms with Crippen LogP contribution in [-0.2, 0) is 4.74 Å². The van der Waals surface area contributed by atoms with Crippen LogP contribution in [0.15, 0.2) is 29.4 Å². The molecule has 0 heterocycles. The highest BCUT2D eigenvalue weighted by Gasteiger charge is 2.07. The summed E-state index contributed by atoms with van der Waals surface area (Å²) in [6.07, 6.45) is 0. The standard InChI is InChI=1S/C12H16N4O3S/c1-9(14-15-12(20)13-6-7-19-2)10-4-3-5-11(8-10)16(17)18/h3-5,8H,6-7H2,1-2H3,(H2,13,15,20)/b14-9-. The van der Waals surface area contributed by atoms with Crippen LogP contribution in [-0.4, -0.2) is 36.0 Å². The highest BCUT2D eigenvalue weighted by Crippen LogP contribution is 2.13. The Bertz CT molecular complexity index is 519. The van der Waals surface area contributed by atoms with Crippen molar-refractivity contribution in [2.24, 2.45) is 5.10 Å². The molecular weight excluding hydrogens is 280 g/mol. The number of ether oxygens (including phenoxy) is 1. The summed E-state index contributed by atoms with van der Waals surface area (Å²) in [4.78, 5) is 10.3. The van der Waals surface area contributed by atoms with Gasteiger partial charge >= 0.3 is 0 Å². The van der Waals surface area contributed by atoms with Crippen molar-refractivity contribution in [2.45, 2.75) is 6.92 Å². The smallest absolute Gasteiger partial charge is 0.270 e. The number of hydrogen-bond acceptors (Lipinski definition) is 5. The lowest BCUT2D eigenvalue weighted by Gasteiger charge is -2.07. The predicted molar refractivity (Wildman–Crippen MR) is 80.9 cm³/mol. The molecule has 0 amide bonds. The number of nitrogens with zero attached hydrogens (tertiary/aromatic N) is 2. The molecule has 7 nitrogen and oxygen atoms in total. The van der Waals surface area contributed by atoms with E-state index in [0.29, 0.717) is 29.5 Å². The van der Waals surface area contributed by atoms with Gasteiger partial charge in [-0.2, -0.15) is 5.10 Å². The van der Waals surface area contributed by atoms with Gasteiger partial charge in [0.15, 0.2) is 5.11 Å². The Morgan fingerprint density at radius 3 is 2.95 bits per heavy atom. The zero-order valence-electron chi connectivity index (χ0n) is 11.3. The largest absolute Gasteiger partial charge is 0.383 e. The molecule has 0 spiro atoms. The van der Waals surface area contributed by atoms with E-state index in [1.54, 1.807) is 26.2 Å². The first-order chi connectivity index (χ1) is 9.54. The summed E-state index contributed by atoms with van der Waals surface area (Å²) < 4.78 is 4.87. The van der Waals surface area contributed by atoms with E-state index in [-0.39, 0.29) is 5.69 Å². The summed E-state index contributed by atoms with van der Waals surface area (Å²) in [6.45, 7) is 2.85. The molecule has 0 aliphatic heterocycles. The maximum absolute atomic E-state index is 10.7. The van der Waals surface area contributed by atoms with Crippen LogP contribution in [0.25, 0.3) is 0 Å². The van der Waals surface area contributed by atoms with Gasteiger partial charge in [0, 0.05) is 31.4 Å². The molecule has 0 radical (unpaired) electrons. The molecule has 0 unspecified atom stereocenters. The molecule has 0 saturated heterocycles. The van der Waals surface area contributed by atoms with E-state index in [1.165, 1.54) is 12.1 Å². The Kier molecular flexibility index (Phi) is 6.54. The van der Waals surface area contributed by atoms with Crippen LogP contribution in [0.3, 0.4) is 0 Å². The Hall–Kier alpha value is -2.06. The zero-order valence-corrected chi connectivity index (χ0v) is 12.1. The van der Waals surface area contributed by atoms with Crippen LogP contribution >= 0.6 is 12.2 Å². The summed E-state index contributed by atoms with van der Waals surface area (Å²) in [6, 6.07) is 6.25. The average molecular weight is 296 g/mol. The van der Waals surface area contributed by atoms with E-state index in [4.69, 9.17) is 17.0 Å². The first kappa shape index (κ1) is 16.0. The number of non-ortho nitro benzene ring substituents is 1. The van der Waals surface area contributed by atoms with Crippen LogP contribution in [0.1, 0.15) is 12.5 Å². The highest BCUT2D eigenvalue weighted by atomic mass is 32.1. The fourth-order valence-corrected chi connectivity index (χ4v) is 1.50. The van der Waals surface area contributed by atoms with Gasteiger partial charge in [-0.15, -0.1) is 0 Å². The van der Waals surface area contributed by atoms with E-state index in [0.717, 1.165) is 0 Å². The third-order valence-corrected chi connectivity index (χ3v) is 2.63. The van der Waals surface area contributed by atoms with E-state index < -0.39 is 4.92 Å². The third kappa shape index (κ3) is 5.29. The van der Waals surface area contributed by atoms with Gasteiger partial charge in [-0.1, -0.05) is 12.1 Å². The first-order valence-corrected chi connectivity index (χ1v) is 6.27. The summed E-state index contributed by atoms with van der Waals surface area (Å²) >= 11 is 5.01. The molecular formula is C12H16N4O3S. The van der Waals surface area contributed by atoms with Crippen LogP contribution in [0, 0.1) is 10.1 Å². The SMILES string of the molecule is COCCNC(=S)N/N=C(/C)c1cccc([N+](=O)[O-])c1. The molecule has 1 aromatic carbocycles. The van der Waals surface area contributed by atoms with Crippen molar-refractivity contribution in [3.63, 3.8) is 0 Å². The number of nitrogens with one attached hydrogen (secondary N) is 2. The summed E-state index contributed by atoms with van der Waals surface area (Å²) in [7, 11) is 1.60. The van der Waals surface area contributed by atoms with Crippen LogP contribution in [0.5, 0.6) is 0 Å².